The van der Waals surface area contributed by atoms with Crippen molar-refractivity contribution in [1.29, 1.82) is 0 Å². The van der Waals surface area contributed by atoms with Crippen molar-refractivity contribution in [2.24, 2.45) is 0 Å². The van der Waals surface area contributed by atoms with Crippen molar-refractivity contribution in [3.8, 4) is 11.5 Å². The molecule has 0 saturated carbocycles. The van der Waals surface area contributed by atoms with Gasteiger partial charge in [0.15, 0.2) is 12.4 Å². The lowest BCUT2D eigenvalue weighted by molar-refractivity contribution is -0.160. The second-order valence-corrected chi connectivity index (χ2v) is 5.33. The molecule has 0 aromatic heterocycles. The molecule has 0 fully saturated rings. The van der Waals surface area contributed by atoms with Crippen LogP contribution in [0.25, 0.3) is 0 Å². The lowest BCUT2D eigenvalue weighted by Crippen LogP contribution is -2.31. The van der Waals surface area contributed by atoms with E-state index in [2.05, 4.69) is 15.4 Å². The number of carbonyl (C=O) groups excluding carboxylic acids is 2. The van der Waals surface area contributed by atoms with Crippen LogP contribution in [-0.2, 0) is 9.53 Å². The maximum atomic E-state index is 12.0. The van der Waals surface area contributed by atoms with Crippen LogP contribution >= 0.6 is 0 Å². The lowest BCUT2D eigenvalue weighted by atomic mass is 10.2. The molecule has 2 N–H and O–H groups in total. The van der Waals surface area contributed by atoms with Crippen LogP contribution < -0.4 is 15.4 Å². The number of rotatable bonds is 7. The zero-order chi connectivity index (χ0) is 19.7. The van der Waals surface area contributed by atoms with Gasteiger partial charge in [-0.3, -0.25) is 4.79 Å². The molecule has 144 valence electrons. The van der Waals surface area contributed by atoms with E-state index in [9.17, 15) is 22.8 Å². The summed E-state index contributed by atoms with van der Waals surface area (Å²) < 4.78 is 45.4. The van der Waals surface area contributed by atoms with Gasteiger partial charge >= 0.3 is 12.3 Å². The Hall–Kier alpha value is -3.23. The summed E-state index contributed by atoms with van der Waals surface area (Å²) in [5, 5.41) is 4.70. The summed E-state index contributed by atoms with van der Waals surface area (Å²) in [7, 11) is 0. The van der Waals surface area contributed by atoms with E-state index in [1.807, 2.05) is 6.07 Å². The van der Waals surface area contributed by atoms with Gasteiger partial charge < -0.3 is 20.1 Å². The normalized spacial score (nSPS) is 10.8. The van der Waals surface area contributed by atoms with Crippen LogP contribution in [0.2, 0.25) is 0 Å². The van der Waals surface area contributed by atoms with E-state index in [-0.39, 0.29) is 13.0 Å². The van der Waals surface area contributed by atoms with E-state index in [4.69, 9.17) is 4.74 Å². The van der Waals surface area contributed by atoms with E-state index < -0.39 is 24.8 Å². The summed E-state index contributed by atoms with van der Waals surface area (Å²) in [5.74, 6) is 0.568. The smallest absolute Gasteiger partial charge is 0.422 e. The summed E-state index contributed by atoms with van der Waals surface area (Å²) in [6.07, 6.45) is -5.99. The molecule has 0 heterocycles. The number of ether oxygens (including phenoxy) is 2. The standard InChI is InChI=1S/C18H17F3N2O4/c19-18(20,21)12-26-17(25)22-11-10-16(24)23-14-8-4-5-9-15(14)27-13-6-2-1-3-7-13/h1-9H,10-12H2,(H,22,25)(H,23,24). The van der Waals surface area contributed by atoms with Crippen molar-refractivity contribution in [1.82, 2.24) is 5.32 Å². The summed E-state index contributed by atoms with van der Waals surface area (Å²) in [6, 6.07) is 15.7. The molecule has 0 unspecified atom stereocenters. The molecule has 0 radical (unpaired) electrons. The summed E-state index contributed by atoms with van der Waals surface area (Å²) in [5.41, 5.74) is 0.422. The van der Waals surface area contributed by atoms with Crippen molar-refractivity contribution >= 4 is 17.7 Å². The summed E-state index contributed by atoms with van der Waals surface area (Å²) in [4.78, 5) is 23.1. The number of halogens is 3. The minimum atomic E-state index is -4.60. The van der Waals surface area contributed by atoms with Gasteiger partial charge in [0.05, 0.1) is 5.69 Å². The van der Waals surface area contributed by atoms with Gasteiger partial charge in [0.25, 0.3) is 0 Å². The summed E-state index contributed by atoms with van der Waals surface area (Å²) in [6.45, 7) is -1.86. The van der Waals surface area contributed by atoms with Gasteiger partial charge in [0, 0.05) is 13.0 Å². The maximum absolute atomic E-state index is 12.0. The molecule has 0 spiro atoms. The second kappa shape index (κ2) is 9.46. The monoisotopic (exact) mass is 382 g/mol. The Bertz CT molecular complexity index is 767. The Morgan fingerprint density at radius 2 is 1.63 bits per heavy atom. The predicted molar refractivity (Wildman–Crippen MR) is 91.6 cm³/mol. The Kier molecular flexibility index (Phi) is 7.04. The number of benzene rings is 2. The summed E-state index contributed by atoms with van der Waals surface area (Å²) >= 11 is 0. The molecule has 0 aliphatic rings. The predicted octanol–water partition coefficient (Wildman–Crippen LogP) is 4.10. The molecule has 2 aromatic carbocycles. The van der Waals surface area contributed by atoms with Gasteiger partial charge in [-0.2, -0.15) is 13.2 Å². The highest BCUT2D eigenvalue weighted by molar-refractivity contribution is 5.92. The first-order valence-corrected chi connectivity index (χ1v) is 7.92. The Balaban J connectivity index is 1.81. The minimum absolute atomic E-state index is 0.152. The van der Waals surface area contributed by atoms with Crippen LogP contribution in [0.15, 0.2) is 54.6 Å². The molecule has 2 amide bonds. The fourth-order valence-corrected chi connectivity index (χ4v) is 1.96. The lowest BCUT2D eigenvalue weighted by Gasteiger charge is -2.12. The first kappa shape index (κ1) is 20.1. The number of amides is 2. The molecule has 0 saturated heterocycles. The van der Waals surface area contributed by atoms with Crippen molar-refractivity contribution in [2.45, 2.75) is 12.6 Å². The average Bonchev–Trinajstić information content (AvgIpc) is 2.62. The van der Waals surface area contributed by atoms with Gasteiger partial charge in [-0.15, -0.1) is 0 Å². The first-order chi connectivity index (χ1) is 12.8. The van der Waals surface area contributed by atoms with Crippen LogP contribution in [0.5, 0.6) is 11.5 Å². The Morgan fingerprint density at radius 1 is 0.963 bits per heavy atom. The molecule has 0 atom stereocenters. The van der Waals surface area contributed by atoms with E-state index in [0.29, 0.717) is 17.2 Å². The van der Waals surface area contributed by atoms with Gasteiger partial charge in [0.1, 0.15) is 5.75 Å². The van der Waals surface area contributed by atoms with Crippen LogP contribution in [0, 0.1) is 0 Å². The topological polar surface area (TPSA) is 76.7 Å². The Labute approximate surface area is 153 Å². The van der Waals surface area contributed by atoms with Gasteiger partial charge in [-0.05, 0) is 24.3 Å². The highest BCUT2D eigenvalue weighted by Crippen LogP contribution is 2.29. The molecular formula is C18H17F3N2O4. The zero-order valence-electron chi connectivity index (χ0n) is 14.1. The third kappa shape index (κ3) is 7.68. The number of anilines is 1. The van der Waals surface area contributed by atoms with Gasteiger partial charge in [-0.1, -0.05) is 30.3 Å². The SMILES string of the molecule is O=C(CCNC(=O)OCC(F)(F)F)Nc1ccccc1Oc1ccccc1. The third-order valence-corrected chi connectivity index (χ3v) is 3.12. The number of alkyl halides is 3. The number of hydrogen-bond donors (Lipinski definition) is 2. The van der Waals surface area contributed by atoms with Crippen molar-refractivity contribution < 1.29 is 32.2 Å². The van der Waals surface area contributed by atoms with E-state index >= 15 is 0 Å². The van der Waals surface area contributed by atoms with Crippen LogP contribution in [0.1, 0.15) is 6.42 Å². The van der Waals surface area contributed by atoms with Crippen LogP contribution in [-0.4, -0.2) is 31.3 Å². The fraction of sp³-hybridized carbons (Fsp3) is 0.222. The average molecular weight is 382 g/mol. The third-order valence-electron chi connectivity index (χ3n) is 3.12. The van der Waals surface area contributed by atoms with Crippen LogP contribution in [0.3, 0.4) is 0 Å². The first-order valence-electron chi connectivity index (χ1n) is 7.92. The quantitative estimate of drug-likeness (QED) is 0.756. The van der Waals surface area contributed by atoms with Crippen molar-refractivity contribution in [2.75, 3.05) is 18.5 Å². The molecule has 2 rings (SSSR count). The van der Waals surface area contributed by atoms with E-state index in [1.165, 1.54) is 0 Å². The molecular weight excluding hydrogens is 365 g/mol. The minimum Gasteiger partial charge on any atom is -0.455 e. The number of alkyl carbamates (subject to hydrolysis) is 1. The van der Waals surface area contributed by atoms with Crippen LogP contribution in [0.4, 0.5) is 23.7 Å². The number of para-hydroxylation sites is 3. The highest BCUT2D eigenvalue weighted by Gasteiger charge is 2.29. The molecule has 6 nitrogen and oxygen atoms in total. The van der Waals surface area contributed by atoms with E-state index in [1.54, 1.807) is 48.5 Å². The Morgan fingerprint density at radius 3 is 2.33 bits per heavy atom. The van der Waals surface area contributed by atoms with E-state index in [0.717, 1.165) is 0 Å². The number of carbonyl (C=O) groups is 2. The maximum Gasteiger partial charge on any atom is 0.422 e. The molecule has 0 bridgehead atoms. The molecule has 27 heavy (non-hydrogen) atoms. The molecule has 9 heteroatoms. The van der Waals surface area contributed by atoms with Gasteiger partial charge in [-0.25, -0.2) is 4.79 Å². The van der Waals surface area contributed by atoms with Crippen molar-refractivity contribution in [3.63, 3.8) is 0 Å². The van der Waals surface area contributed by atoms with Gasteiger partial charge in [0.2, 0.25) is 5.91 Å². The molecule has 2 aromatic rings. The molecule has 0 aliphatic heterocycles. The highest BCUT2D eigenvalue weighted by atomic mass is 19.4. The largest absolute Gasteiger partial charge is 0.455 e. The fourth-order valence-electron chi connectivity index (χ4n) is 1.96. The molecule has 0 aliphatic carbocycles. The number of hydrogen-bond acceptors (Lipinski definition) is 4. The van der Waals surface area contributed by atoms with Crippen molar-refractivity contribution in [3.05, 3.63) is 54.6 Å². The zero-order valence-corrected chi connectivity index (χ0v) is 14.1. The number of nitrogens with one attached hydrogen (secondary N) is 2. The second-order valence-electron chi connectivity index (χ2n) is 5.33.